The Kier molecular flexibility index (Phi) is 12.8. The van der Waals surface area contributed by atoms with Crippen LogP contribution in [0.5, 0.6) is 0 Å². The van der Waals surface area contributed by atoms with E-state index in [0.717, 1.165) is 111 Å². The summed E-state index contributed by atoms with van der Waals surface area (Å²) in [5, 5.41) is 8.75. The molecule has 0 aliphatic carbocycles. The molecule has 15 rings (SSSR count). The van der Waals surface area contributed by atoms with Gasteiger partial charge in [-0.05, 0) is 176 Å². The van der Waals surface area contributed by atoms with E-state index in [4.69, 9.17) is 19.9 Å². The van der Waals surface area contributed by atoms with E-state index in [1.54, 1.807) is 0 Å². The fourth-order valence-electron chi connectivity index (χ4n) is 12.0. The SMILES string of the molecule is C(=C\c1ccc2cc(N(c3ccccc3)c3ccccc3)c3cccnc3c2n1)/c1ccc2c(-c3ccccc3)c(-c3ccccc3)c3ccc(/C=C/c4ccc5cc(N(c6ccccc6)c6ccccc6)c6cccnc6c5n4)cc3c2c1. The van der Waals surface area contributed by atoms with Crippen LogP contribution in [0.3, 0.4) is 0 Å². The van der Waals surface area contributed by atoms with Gasteiger partial charge in [-0.2, -0.15) is 0 Å². The summed E-state index contributed by atoms with van der Waals surface area (Å²) in [5.74, 6) is 0. The van der Waals surface area contributed by atoms with Crippen molar-refractivity contribution in [2.75, 3.05) is 9.80 Å². The fraction of sp³-hybridized carbons (Fsp3) is 0. The first kappa shape index (κ1) is 49.7. The predicted octanol–water partition coefficient (Wildman–Crippen LogP) is 20.8. The second kappa shape index (κ2) is 21.6. The molecule has 4 heterocycles. The number of rotatable bonds is 12. The average Bonchev–Trinajstić information content (AvgIpc) is 1.18. The summed E-state index contributed by atoms with van der Waals surface area (Å²) in [6.07, 6.45) is 12.3. The topological polar surface area (TPSA) is 58.0 Å². The molecule has 0 N–H and O–H groups in total. The Morgan fingerprint density at radius 3 is 0.988 bits per heavy atom. The van der Waals surface area contributed by atoms with Crippen LogP contribution in [0.15, 0.2) is 291 Å². The predicted molar refractivity (Wildman–Crippen MR) is 354 cm³/mol. The first-order chi connectivity index (χ1) is 41.7. The highest BCUT2D eigenvalue weighted by atomic mass is 15.2. The highest BCUT2D eigenvalue weighted by Gasteiger charge is 2.22. The van der Waals surface area contributed by atoms with Crippen LogP contribution in [0.25, 0.3) is 112 Å². The zero-order valence-corrected chi connectivity index (χ0v) is 45.7. The zero-order valence-electron chi connectivity index (χ0n) is 45.7. The lowest BCUT2D eigenvalue weighted by Crippen LogP contribution is -2.10. The minimum atomic E-state index is 0.847. The molecule has 0 spiro atoms. The number of hydrogen-bond acceptors (Lipinski definition) is 6. The molecule has 6 heteroatoms. The highest BCUT2D eigenvalue weighted by Crippen LogP contribution is 2.47. The number of para-hydroxylation sites is 4. The normalized spacial score (nSPS) is 11.7. The van der Waals surface area contributed by atoms with Gasteiger partial charge in [-0.1, -0.05) is 182 Å². The highest BCUT2D eigenvalue weighted by molar-refractivity contribution is 6.22. The van der Waals surface area contributed by atoms with Crippen molar-refractivity contribution in [3.05, 3.63) is 314 Å². The lowest BCUT2D eigenvalue weighted by atomic mass is 9.84. The molecular formula is C78H52N6. The van der Waals surface area contributed by atoms with E-state index >= 15 is 0 Å². The summed E-state index contributed by atoms with van der Waals surface area (Å²) in [7, 11) is 0. The van der Waals surface area contributed by atoms with Gasteiger partial charge < -0.3 is 9.80 Å². The summed E-state index contributed by atoms with van der Waals surface area (Å²) in [6.45, 7) is 0. The summed E-state index contributed by atoms with van der Waals surface area (Å²) < 4.78 is 0. The van der Waals surface area contributed by atoms with Gasteiger partial charge in [0.1, 0.15) is 0 Å². The van der Waals surface area contributed by atoms with Gasteiger partial charge in [0.2, 0.25) is 0 Å². The van der Waals surface area contributed by atoms with Gasteiger partial charge in [0.05, 0.1) is 44.8 Å². The molecule has 0 aliphatic heterocycles. The molecular weight excluding hydrogens is 1020 g/mol. The molecule has 6 nitrogen and oxygen atoms in total. The molecule has 0 aliphatic rings. The third-order valence-corrected chi connectivity index (χ3v) is 15.8. The lowest BCUT2D eigenvalue weighted by molar-refractivity contribution is 1.29. The van der Waals surface area contributed by atoms with Gasteiger partial charge in [0, 0.05) is 56.7 Å². The van der Waals surface area contributed by atoms with Crippen LogP contribution >= 0.6 is 0 Å². The molecule has 0 fully saturated rings. The van der Waals surface area contributed by atoms with E-state index in [0.29, 0.717) is 0 Å². The smallest absolute Gasteiger partial charge is 0.0985 e. The fourth-order valence-corrected chi connectivity index (χ4v) is 12.0. The number of pyridine rings is 4. The van der Waals surface area contributed by atoms with Gasteiger partial charge in [0.25, 0.3) is 0 Å². The first-order valence-corrected chi connectivity index (χ1v) is 28.3. The standard InChI is InChI=1S/C78H52N6/c1-7-21-55(22-8-1)73-65-45-37-53(35-41-59-43-39-57-51-71(67-33-19-47-79-77(67)75(57)81-59)83(61-25-11-3-12-26-61)62-27-13-4-14-28-62)49-69(65)70-50-54(38-46-66(70)74(73)56-23-9-2-10-24-56)36-42-60-44-40-58-52-72(68-34-20-48-80-78(68)76(58)82-60)84(63-29-15-5-16-30-63)64-31-17-6-18-32-64/h1-52H/b41-35+,42-36+. The second-order valence-electron chi connectivity index (χ2n) is 21.0. The Hall–Kier alpha value is -11.3. The lowest BCUT2D eigenvalue weighted by Gasteiger charge is -2.27. The first-order valence-electron chi connectivity index (χ1n) is 28.3. The molecule has 0 radical (unpaired) electrons. The van der Waals surface area contributed by atoms with Crippen molar-refractivity contribution in [1.82, 2.24) is 19.9 Å². The average molecular weight is 1070 g/mol. The van der Waals surface area contributed by atoms with Crippen LogP contribution in [0, 0.1) is 0 Å². The van der Waals surface area contributed by atoms with Crippen molar-refractivity contribution < 1.29 is 0 Å². The van der Waals surface area contributed by atoms with Gasteiger partial charge in [-0.15, -0.1) is 0 Å². The third kappa shape index (κ3) is 9.24. The molecule has 0 saturated heterocycles. The number of benzene rings is 11. The van der Waals surface area contributed by atoms with Crippen molar-refractivity contribution in [2.45, 2.75) is 0 Å². The molecule has 0 amide bonds. The maximum Gasteiger partial charge on any atom is 0.0985 e. The summed E-state index contributed by atoms with van der Waals surface area (Å²) in [5.41, 5.74) is 18.4. The Morgan fingerprint density at radius 2 is 0.619 bits per heavy atom. The van der Waals surface area contributed by atoms with Crippen LogP contribution in [0.2, 0.25) is 0 Å². The van der Waals surface area contributed by atoms with Crippen molar-refractivity contribution in [3.8, 4) is 22.3 Å². The largest absolute Gasteiger partial charge is 0.310 e. The van der Waals surface area contributed by atoms with E-state index in [2.05, 4.69) is 301 Å². The van der Waals surface area contributed by atoms with Crippen molar-refractivity contribution in [2.24, 2.45) is 0 Å². The molecule has 84 heavy (non-hydrogen) atoms. The molecule has 11 aromatic carbocycles. The van der Waals surface area contributed by atoms with Gasteiger partial charge in [-0.25, -0.2) is 9.97 Å². The maximum absolute atomic E-state index is 5.31. The van der Waals surface area contributed by atoms with Crippen LogP contribution < -0.4 is 9.80 Å². The Bertz CT molecular complexity index is 4600. The van der Waals surface area contributed by atoms with Crippen molar-refractivity contribution in [1.29, 1.82) is 0 Å². The molecule has 394 valence electrons. The minimum Gasteiger partial charge on any atom is -0.310 e. The molecule has 0 atom stereocenters. The number of hydrogen-bond donors (Lipinski definition) is 0. The third-order valence-electron chi connectivity index (χ3n) is 15.8. The van der Waals surface area contributed by atoms with E-state index in [-0.39, 0.29) is 0 Å². The molecule has 4 aromatic heterocycles. The quantitative estimate of drug-likeness (QED) is 0.114. The second-order valence-corrected chi connectivity index (χ2v) is 21.0. The number of anilines is 6. The molecule has 0 unspecified atom stereocenters. The molecule has 15 aromatic rings. The Labute approximate surface area is 486 Å². The maximum atomic E-state index is 5.31. The van der Waals surface area contributed by atoms with E-state index in [1.807, 2.05) is 24.5 Å². The monoisotopic (exact) mass is 1070 g/mol. The number of fused-ring (bicyclic) bond motifs is 9. The van der Waals surface area contributed by atoms with Crippen LogP contribution in [0.1, 0.15) is 22.5 Å². The van der Waals surface area contributed by atoms with Crippen LogP contribution in [0.4, 0.5) is 34.1 Å². The number of nitrogens with zero attached hydrogens (tertiary/aromatic N) is 6. The van der Waals surface area contributed by atoms with Gasteiger partial charge in [-0.3, -0.25) is 9.97 Å². The Balaban J connectivity index is 0.834. The van der Waals surface area contributed by atoms with Gasteiger partial charge >= 0.3 is 0 Å². The van der Waals surface area contributed by atoms with E-state index in [9.17, 15) is 0 Å². The van der Waals surface area contributed by atoms with Crippen LogP contribution in [-0.4, -0.2) is 19.9 Å². The Morgan fingerprint density at radius 1 is 0.262 bits per heavy atom. The minimum absolute atomic E-state index is 0.847. The summed E-state index contributed by atoms with van der Waals surface area (Å²) in [6, 6.07) is 98.7. The molecule has 0 bridgehead atoms. The van der Waals surface area contributed by atoms with Crippen LogP contribution in [-0.2, 0) is 0 Å². The van der Waals surface area contributed by atoms with Gasteiger partial charge in [0.15, 0.2) is 0 Å². The van der Waals surface area contributed by atoms with E-state index < -0.39 is 0 Å². The number of aromatic nitrogens is 4. The summed E-state index contributed by atoms with van der Waals surface area (Å²) in [4.78, 5) is 25.2. The van der Waals surface area contributed by atoms with Crippen molar-refractivity contribution in [3.63, 3.8) is 0 Å². The van der Waals surface area contributed by atoms with E-state index in [1.165, 1.54) is 33.0 Å². The zero-order chi connectivity index (χ0) is 55.8. The molecule has 0 saturated carbocycles. The van der Waals surface area contributed by atoms with Crippen molar-refractivity contribution >= 4 is 124 Å². The summed E-state index contributed by atoms with van der Waals surface area (Å²) >= 11 is 0.